The van der Waals surface area contributed by atoms with Gasteiger partial charge in [-0.1, -0.05) is 42.5 Å². The van der Waals surface area contributed by atoms with Gasteiger partial charge in [-0.15, -0.1) is 0 Å². The zero-order valence-corrected chi connectivity index (χ0v) is 15.0. The summed E-state index contributed by atoms with van der Waals surface area (Å²) in [6.07, 6.45) is 1.51. The Kier molecular flexibility index (Phi) is 4.72. The second-order valence-corrected chi connectivity index (χ2v) is 6.17. The molecule has 27 heavy (non-hydrogen) atoms. The summed E-state index contributed by atoms with van der Waals surface area (Å²) in [5.74, 6) is 1.46. The molecule has 6 nitrogen and oxygen atoms in total. The van der Waals surface area contributed by atoms with Crippen LogP contribution in [0.4, 0.5) is 5.82 Å². The maximum absolute atomic E-state index is 9.94. The third kappa shape index (κ3) is 3.35. The third-order valence-electron chi connectivity index (χ3n) is 4.49. The summed E-state index contributed by atoms with van der Waals surface area (Å²) in [4.78, 5) is 13.9. The van der Waals surface area contributed by atoms with Gasteiger partial charge in [0.2, 0.25) is 0 Å². The summed E-state index contributed by atoms with van der Waals surface area (Å²) >= 11 is 0. The van der Waals surface area contributed by atoms with E-state index in [1.807, 2.05) is 65.6 Å². The molecule has 2 aromatic heterocycles. The number of methoxy groups -OCH3 is 1. The fraction of sp³-hybridized carbons (Fsp3) is 0.143. The Morgan fingerprint density at radius 2 is 1.81 bits per heavy atom. The molecule has 136 valence electrons. The number of aromatic nitrogens is 3. The molecule has 0 spiro atoms. The molecule has 0 unspecified atom stereocenters. The molecule has 2 heterocycles. The molecule has 0 aliphatic heterocycles. The van der Waals surface area contributed by atoms with Gasteiger partial charge < -0.3 is 19.7 Å². The first-order chi connectivity index (χ1) is 13.3. The Labute approximate surface area is 157 Å². The number of anilines is 1. The standard InChI is InChI=1S/C21H20N4O2/c1-27-19-10-6-5-9-16(19)18-11-17-20(24-18)22-13-23-21(17)25(14-26)12-15-7-3-2-4-8-15/h2-11,13,26H,12,14H2,1H3,(H,22,23,24). The van der Waals surface area contributed by atoms with E-state index in [0.717, 1.165) is 28.0 Å². The molecule has 0 saturated carbocycles. The molecule has 4 rings (SSSR count). The largest absolute Gasteiger partial charge is 0.496 e. The molecule has 0 amide bonds. The first-order valence-corrected chi connectivity index (χ1v) is 8.67. The lowest BCUT2D eigenvalue weighted by Gasteiger charge is -2.21. The summed E-state index contributed by atoms with van der Waals surface area (Å²) in [6.45, 7) is 0.412. The number of aliphatic hydroxyl groups is 1. The molecule has 4 aromatic rings. The van der Waals surface area contributed by atoms with E-state index in [0.29, 0.717) is 18.0 Å². The zero-order valence-electron chi connectivity index (χ0n) is 15.0. The Balaban J connectivity index is 1.76. The van der Waals surface area contributed by atoms with E-state index in [4.69, 9.17) is 4.74 Å². The molecule has 0 atom stereocenters. The fourth-order valence-corrected chi connectivity index (χ4v) is 3.19. The smallest absolute Gasteiger partial charge is 0.143 e. The first-order valence-electron chi connectivity index (χ1n) is 8.67. The number of benzene rings is 2. The molecular formula is C21H20N4O2. The van der Waals surface area contributed by atoms with Gasteiger partial charge in [-0.3, -0.25) is 0 Å². The second kappa shape index (κ2) is 7.47. The number of aromatic amines is 1. The van der Waals surface area contributed by atoms with Crippen molar-refractivity contribution in [2.75, 3.05) is 18.7 Å². The van der Waals surface area contributed by atoms with Crippen molar-refractivity contribution < 1.29 is 9.84 Å². The molecule has 6 heteroatoms. The van der Waals surface area contributed by atoms with Gasteiger partial charge in [0.25, 0.3) is 0 Å². The predicted molar refractivity (Wildman–Crippen MR) is 106 cm³/mol. The lowest BCUT2D eigenvalue weighted by Crippen LogP contribution is -2.24. The molecule has 0 fully saturated rings. The van der Waals surface area contributed by atoms with E-state index in [9.17, 15) is 5.11 Å². The molecule has 0 aliphatic carbocycles. The van der Waals surface area contributed by atoms with Crippen LogP contribution in [0.15, 0.2) is 67.0 Å². The highest BCUT2D eigenvalue weighted by atomic mass is 16.5. The van der Waals surface area contributed by atoms with E-state index in [1.165, 1.54) is 6.33 Å². The van der Waals surface area contributed by atoms with E-state index >= 15 is 0 Å². The fourth-order valence-electron chi connectivity index (χ4n) is 3.19. The maximum atomic E-state index is 9.94. The number of nitrogens with zero attached hydrogens (tertiary/aromatic N) is 3. The van der Waals surface area contributed by atoms with E-state index in [-0.39, 0.29) is 6.73 Å². The summed E-state index contributed by atoms with van der Waals surface area (Å²) in [6, 6.07) is 19.8. The topological polar surface area (TPSA) is 74.3 Å². The van der Waals surface area contributed by atoms with Gasteiger partial charge in [0.15, 0.2) is 0 Å². The Hall–Kier alpha value is -3.38. The summed E-state index contributed by atoms with van der Waals surface area (Å²) in [5.41, 5.74) is 3.65. The summed E-state index contributed by atoms with van der Waals surface area (Å²) in [7, 11) is 1.65. The quantitative estimate of drug-likeness (QED) is 0.514. The molecule has 2 N–H and O–H groups in total. The Bertz CT molecular complexity index is 1050. The highest BCUT2D eigenvalue weighted by molar-refractivity contribution is 5.92. The second-order valence-electron chi connectivity index (χ2n) is 6.17. The van der Waals surface area contributed by atoms with Gasteiger partial charge in [0.1, 0.15) is 30.3 Å². The monoisotopic (exact) mass is 360 g/mol. The number of aliphatic hydroxyl groups excluding tert-OH is 1. The van der Waals surface area contributed by atoms with Crippen LogP contribution >= 0.6 is 0 Å². The number of H-pyrrole nitrogens is 1. The van der Waals surface area contributed by atoms with Crippen LogP contribution in [0.2, 0.25) is 0 Å². The zero-order chi connectivity index (χ0) is 18.6. The van der Waals surface area contributed by atoms with Gasteiger partial charge in [-0.25, -0.2) is 9.97 Å². The lowest BCUT2D eigenvalue weighted by atomic mass is 10.1. The average molecular weight is 360 g/mol. The van der Waals surface area contributed by atoms with Crippen molar-refractivity contribution in [3.05, 3.63) is 72.6 Å². The molecule has 0 bridgehead atoms. The van der Waals surface area contributed by atoms with Gasteiger partial charge >= 0.3 is 0 Å². The number of ether oxygens (including phenoxy) is 1. The van der Waals surface area contributed by atoms with Crippen molar-refractivity contribution in [2.24, 2.45) is 0 Å². The summed E-state index contributed by atoms with van der Waals surface area (Å²) < 4.78 is 5.47. The van der Waals surface area contributed by atoms with Crippen LogP contribution in [0, 0.1) is 0 Å². The number of rotatable bonds is 6. The van der Waals surface area contributed by atoms with E-state index < -0.39 is 0 Å². The van der Waals surface area contributed by atoms with Crippen LogP contribution in [-0.2, 0) is 6.54 Å². The van der Waals surface area contributed by atoms with Crippen LogP contribution in [0.5, 0.6) is 5.75 Å². The minimum Gasteiger partial charge on any atom is -0.496 e. The molecule has 0 aliphatic rings. The van der Waals surface area contributed by atoms with Gasteiger partial charge in [0, 0.05) is 12.1 Å². The van der Waals surface area contributed by atoms with Crippen molar-refractivity contribution in [3.8, 4) is 17.0 Å². The average Bonchev–Trinajstić information content (AvgIpc) is 3.17. The Morgan fingerprint density at radius 1 is 1.04 bits per heavy atom. The van der Waals surface area contributed by atoms with E-state index in [2.05, 4.69) is 15.0 Å². The van der Waals surface area contributed by atoms with Crippen LogP contribution in [-0.4, -0.2) is 33.9 Å². The predicted octanol–water partition coefficient (Wildman–Crippen LogP) is 3.59. The van der Waals surface area contributed by atoms with Crippen molar-refractivity contribution in [3.63, 3.8) is 0 Å². The number of hydrogen-bond donors (Lipinski definition) is 2. The van der Waals surface area contributed by atoms with Gasteiger partial charge in [-0.2, -0.15) is 0 Å². The molecule has 0 saturated heterocycles. The highest BCUT2D eigenvalue weighted by Gasteiger charge is 2.16. The minimum atomic E-state index is -0.143. The summed E-state index contributed by atoms with van der Waals surface area (Å²) in [5, 5.41) is 10.8. The molecular weight excluding hydrogens is 340 g/mol. The minimum absolute atomic E-state index is 0.143. The maximum Gasteiger partial charge on any atom is 0.143 e. The molecule has 0 radical (unpaired) electrons. The molecule has 2 aromatic carbocycles. The van der Waals surface area contributed by atoms with Gasteiger partial charge in [-0.05, 0) is 23.8 Å². The highest BCUT2D eigenvalue weighted by Crippen LogP contribution is 2.33. The first kappa shape index (κ1) is 17.1. The number of para-hydroxylation sites is 1. The third-order valence-corrected chi connectivity index (χ3v) is 4.49. The Morgan fingerprint density at radius 3 is 2.59 bits per heavy atom. The normalized spacial score (nSPS) is 10.9. The van der Waals surface area contributed by atoms with Crippen molar-refractivity contribution in [2.45, 2.75) is 6.54 Å². The number of hydrogen-bond acceptors (Lipinski definition) is 5. The van der Waals surface area contributed by atoms with Crippen LogP contribution in [0.1, 0.15) is 5.56 Å². The van der Waals surface area contributed by atoms with Crippen molar-refractivity contribution in [1.82, 2.24) is 15.0 Å². The van der Waals surface area contributed by atoms with Crippen molar-refractivity contribution in [1.29, 1.82) is 0 Å². The van der Waals surface area contributed by atoms with Crippen LogP contribution in [0.25, 0.3) is 22.3 Å². The lowest BCUT2D eigenvalue weighted by molar-refractivity contribution is 0.289. The van der Waals surface area contributed by atoms with Crippen LogP contribution in [0.3, 0.4) is 0 Å². The van der Waals surface area contributed by atoms with E-state index in [1.54, 1.807) is 7.11 Å². The van der Waals surface area contributed by atoms with Crippen molar-refractivity contribution >= 4 is 16.9 Å². The number of fused-ring (bicyclic) bond motifs is 1. The van der Waals surface area contributed by atoms with Crippen LogP contribution < -0.4 is 9.64 Å². The number of nitrogens with one attached hydrogen (secondary N) is 1. The van der Waals surface area contributed by atoms with Gasteiger partial charge in [0.05, 0.1) is 18.2 Å². The SMILES string of the molecule is COc1ccccc1-c1cc2c(N(CO)Cc3ccccc3)ncnc2[nH]1.